The van der Waals surface area contributed by atoms with Gasteiger partial charge < -0.3 is 10.2 Å². The molecular formula is C24H24ClFN4O3. The third kappa shape index (κ3) is 6.89. The Hall–Kier alpha value is -3.70. The first-order valence-electron chi connectivity index (χ1n) is 10.1. The van der Waals surface area contributed by atoms with Crippen LogP contribution in [0.5, 0.6) is 0 Å². The number of carbonyl (C=O) groups excluding carboxylic acids is 2. The molecule has 0 spiro atoms. The van der Waals surface area contributed by atoms with Crippen molar-refractivity contribution in [3.8, 4) is 12.8 Å². The minimum absolute atomic E-state index is 0.00274. The molecule has 9 heteroatoms. The van der Waals surface area contributed by atoms with Gasteiger partial charge in [-0.1, -0.05) is 41.9 Å². The van der Waals surface area contributed by atoms with E-state index in [1.807, 2.05) is 19.1 Å². The van der Waals surface area contributed by atoms with Gasteiger partial charge >= 0.3 is 0 Å². The largest absolute Gasteiger partial charge is 0.396 e. The first-order valence-corrected chi connectivity index (χ1v) is 10.5. The second-order valence-corrected chi connectivity index (χ2v) is 7.40. The van der Waals surface area contributed by atoms with E-state index in [1.54, 1.807) is 19.1 Å². The van der Waals surface area contributed by atoms with Crippen LogP contribution in [0, 0.1) is 24.6 Å². The van der Waals surface area contributed by atoms with Crippen molar-refractivity contribution in [3.05, 3.63) is 64.4 Å². The van der Waals surface area contributed by atoms with Crippen LogP contribution in [-0.4, -0.2) is 29.8 Å². The minimum atomic E-state index is -0.586. The molecule has 0 fully saturated rings. The molecule has 172 valence electrons. The lowest BCUT2D eigenvalue weighted by molar-refractivity contribution is -0.122. The summed E-state index contributed by atoms with van der Waals surface area (Å²) in [4.78, 5) is 29.0. The van der Waals surface area contributed by atoms with Gasteiger partial charge in [0, 0.05) is 18.0 Å². The summed E-state index contributed by atoms with van der Waals surface area (Å²) in [6.45, 7) is 3.93. The van der Waals surface area contributed by atoms with E-state index in [9.17, 15) is 14.0 Å². The highest BCUT2D eigenvalue weighted by Gasteiger charge is 2.22. The van der Waals surface area contributed by atoms with E-state index in [0.717, 1.165) is 11.3 Å². The Labute approximate surface area is 197 Å². The van der Waals surface area contributed by atoms with E-state index >= 15 is 0 Å². The molecule has 0 aromatic heterocycles. The van der Waals surface area contributed by atoms with E-state index < -0.39 is 11.7 Å². The lowest BCUT2D eigenvalue weighted by Gasteiger charge is -2.19. The lowest BCUT2D eigenvalue weighted by Crippen LogP contribution is -2.31. The molecule has 1 heterocycles. The van der Waals surface area contributed by atoms with Gasteiger partial charge in [-0.05, 0) is 36.8 Å². The summed E-state index contributed by atoms with van der Waals surface area (Å²) in [5.41, 5.74) is 4.80. The van der Waals surface area contributed by atoms with Crippen molar-refractivity contribution in [1.29, 1.82) is 0 Å². The Bertz CT molecular complexity index is 1060. The maximum absolute atomic E-state index is 14.3. The molecule has 0 bridgehead atoms. The van der Waals surface area contributed by atoms with Gasteiger partial charge in [0.2, 0.25) is 11.8 Å². The number of hydrogen-bond acceptors (Lipinski definition) is 5. The summed E-state index contributed by atoms with van der Waals surface area (Å²) < 4.78 is 14.3. The average Bonchev–Trinajstić information content (AvgIpc) is 2.79. The average molecular weight is 471 g/mol. The zero-order valence-corrected chi connectivity index (χ0v) is 19.0. The molecule has 1 unspecified atom stereocenters. The van der Waals surface area contributed by atoms with Gasteiger partial charge in [-0.25, -0.2) is 9.82 Å². The number of rotatable bonds is 7. The van der Waals surface area contributed by atoms with Gasteiger partial charge in [-0.2, -0.15) is 5.10 Å². The second kappa shape index (κ2) is 12.4. The molecule has 2 N–H and O–H groups in total. The molecule has 0 radical (unpaired) electrons. The number of oxime groups is 1. The highest BCUT2D eigenvalue weighted by Crippen LogP contribution is 2.22. The zero-order valence-electron chi connectivity index (χ0n) is 18.3. The van der Waals surface area contributed by atoms with Crippen molar-refractivity contribution in [2.24, 2.45) is 16.2 Å². The van der Waals surface area contributed by atoms with Crippen LogP contribution >= 0.6 is 11.6 Å². The van der Waals surface area contributed by atoms with Gasteiger partial charge in [-0.3, -0.25) is 9.59 Å². The number of amides is 2. The van der Waals surface area contributed by atoms with Crippen molar-refractivity contribution >= 4 is 40.5 Å². The van der Waals surface area contributed by atoms with Crippen molar-refractivity contribution in [2.45, 2.75) is 26.7 Å². The number of benzene rings is 2. The maximum atomic E-state index is 14.3. The molecule has 33 heavy (non-hydrogen) atoms. The molecule has 7 nitrogen and oxygen atoms in total. The van der Waals surface area contributed by atoms with Crippen LogP contribution in [0.25, 0.3) is 0 Å². The van der Waals surface area contributed by atoms with E-state index in [0.29, 0.717) is 12.1 Å². The first kappa shape index (κ1) is 25.6. The van der Waals surface area contributed by atoms with Crippen LogP contribution in [0.1, 0.15) is 37.8 Å². The van der Waals surface area contributed by atoms with Crippen LogP contribution in [0.3, 0.4) is 0 Å². The molecule has 3 rings (SSSR count). The topological polar surface area (TPSA) is 92.2 Å². The Morgan fingerprint density at radius 2 is 2.00 bits per heavy atom. The second-order valence-electron chi connectivity index (χ2n) is 6.99. The standard InChI is InChI=1S/C22H22ClFN4O3.C2H2/c1-3-31-28-18(21-16(23)5-4-6-17(21)24)12-19(29)25-15-9-7-14(8-10-15)22-13(2)11-20(30)26-27-22;1-2/h4-10,13H,3,11-12H2,1-2H3,(H,25,29)(H,26,30);1-2H/b28-18+;. The predicted molar refractivity (Wildman–Crippen MR) is 128 cm³/mol. The van der Waals surface area contributed by atoms with E-state index in [2.05, 4.69) is 33.8 Å². The third-order valence-electron chi connectivity index (χ3n) is 4.61. The molecule has 2 aromatic carbocycles. The van der Waals surface area contributed by atoms with Crippen molar-refractivity contribution < 1.29 is 18.8 Å². The molecule has 2 aromatic rings. The summed E-state index contributed by atoms with van der Waals surface area (Å²) in [6, 6.07) is 11.3. The first-order chi connectivity index (χ1) is 15.9. The van der Waals surface area contributed by atoms with E-state index in [-0.39, 0.29) is 41.2 Å². The highest BCUT2D eigenvalue weighted by atomic mass is 35.5. The predicted octanol–water partition coefficient (Wildman–Crippen LogP) is 4.36. The number of hydrogen-bond donors (Lipinski definition) is 2. The number of terminal acetylenes is 1. The quantitative estimate of drug-likeness (QED) is 0.358. The number of nitrogens with one attached hydrogen (secondary N) is 2. The number of hydrazone groups is 1. The van der Waals surface area contributed by atoms with Crippen LogP contribution in [-0.2, 0) is 14.4 Å². The maximum Gasteiger partial charge on any atom is 0.240 e. The fourth-order valence-electron chi connectivity index (χ4n) is 3.17. The molecule has 0 saturated carbocycles. The van der Waals surface area contributed by atoms with Crippen molar-refractivity contribution in [1.82, 2.24) is 5.43 Å². The zero-order chi connectivity index (χ0) is 24.4. The Morgan fingerprint density at radius 1 is 1.30 bits per heavy atom. The van der Waals surface area contributed by atoms with Gasteiger partial charge in [0.05, 0.1) is 22.7 Å². The SMILES string of the molecule is C#C.CCO/N=C(\CC(=O)Nc1ccc(C2=NNC(=O)CC2C)cc1)c1c(F)cccc1Cl. The minimum Gasteiger partial charge on any atom is -0.396 e. The van der Waals surface area contributed by atoms with Crippen LogP contribution < -0.4 is 10.7 Å². The molecule has 1 atom stereocenters. The van der Waals surface area contributed by atoms with Crippen molar-refractivity contribution in [3.63, 3.8) is 0 Å². The highest BCUT2D eigenvalue weighted by molar-refractivity contribution is 6.35. The Balaban J connectivity index is 0.00000187. The smallest absolute Gasteiger partial charge is 0.240 e. The number of carbonyl (C=O) groups is 2. The molecule has 1 aliphatic heterocycles. The third-order valence-corrected chi connectivity index (χ3v) is 4.92. The number of halogens is 2. The van der Waals surface area contributed by atoms with Crippen molar-refractivity contribution in [2.75, 3.05) is 11.9 Å². The van der Waals surface area contributed by atoms with Crippen LogP contribution in [0.2, 0.25) is 5.02 Å². The molecule has 0 aliphatic carbocycles. The monoisotopic (exact) mass is 470 g/mol. The molecule has 2 amide bonds. The summed E-state index contributed by atoms with van der Waals surface area (Å²) in [5.74, 6) is -1.10. The molecular weight excluding hydrogens is 447 g/mol. The Morgan fingerprint density at radius 3 is 2.61 bits per heavy atom. The lowest BCUT2D eigenvalue weighted by atomic mass is 9.94. The van der Waals surface area contributed by atoms with Crippen LogP contribution in [0.4, 0.5) is 10.1 Å². The number of anilines is 1. The van der Waals surface area contributed by atoms with Gasteiger partial charge in [-0.15, -0.1) is 12.8 Å². The van der Waals surface area contributed by atoms with Crippen LogP contribution in [0.15, 0.2) is 52.7 Å². The summed E-state index contributed by atoms with van der Waals surface area (Å²) in [7, 11) is 0. The molecule has 1 aliphatic rings. The molecule has 0 saturated heterocycles. The summed E-state index contributed by atoms with van der Waals surface area (Å²) in [5, 5.41) is 10.9. The summed E-state index contributed by atoms with van der Waals surface area (Å²) >= 11 is 6.11. The van der Waals surface area contributed by atoms with Gasteiger partial charge in [0.1, 0.15) is 18.1 Å². The van der Waals surface area contributed by atoms with Gasteiger partial charge in [0.15, 0.2) is 0 Å². The van der Waals surface area contributed by atoms with Gasteiger partial charge in [0.25, 0.3) is 0 Å². The summed E-state index contributed by atoms with van der Waals surface area (Å²) in [6.07, 6.45) is 8.15. The number of nitrogens with zero attached hydrogens (tertiary/aromatic N) is 2. The Kier molecular flexibility index (Phi) is 9.58. The normalized spacial score (nSPS) is 15.5. The van der Waals surface area contributed by atoms with E-state index in [4.69, 9.17) is 16.4 Å². The fourth-order valence-corrected chi connectivity index (χ4v) is 3.44. The fraction of sp³-hybridized carbons (Fsp3) is 0.250. The van der Waals surface area contributed by atoms with E-state index in [1.165, 1.54) is 18.2 Å².